The summed E-state index contributed by atoms with van der Waals surface area (Å²) in [6.45, 7) is 2.14. The lowest BCUT2D eigenvalue weighted by Crippen LogP contribution is -1.86. The molecule has 2 heteroatoms. The van der Waals surface area contributed by atoms with Crippen LogP contribution in [0.5, 0.6) is 0 Å². The third-order valence-corrected chi connectivity index (χ3v) is 4.28. The summed E-state index contributed by atoms with van der Waals surface area (Å²) < 4.78 is 1.36. The Kier molecular flexibility index (Phi) is 2.80. The van der Waals surface area contributed by atoms with Crippen LogP contribution in [0.15, 0.2) is 48.5 Å². The van der Waals surface area contributed by atoms with Gasteiger partial charge in [0.25, 0.3) is 0 Å². The zero-order valence-corrected chi connectivity index (χ0v) is 11.3. The van der Waals surface area contributed by atoms with Gasteiger partial charge < -0.3 is 5.32 Å². The van der Waals surface area contributed by atoms with Crippen LogP contribution in [0.2, 0.25) is 0 Å². The standard InChI is InChI=1S/C16H15NS/c1-11-3-4-13-10-16(18-15(13)9-11)12-5-7-14(17-2)8-6-12/h3-10,17H,1-2H3. The van der Waals surface area contributed by atoms with Crippen molar-refractivity contribution in [2.75, 3.05) is 12.4 Å². The van der Waals surface area contributed by atoms with E-state index >= 15 is 0 Å². The number of nitrogens with one attached hydrogen (secondary N) is 1. The molecule has 2 aromatic carbocycles. The number of hydrogen-bond acceptors (Lipinski definition) is 2. The molecular weight excluding hydrogens is 238 g/mol. The molecule has 0 saturated carbocycles. The Labute approximate surface area is 111 Å². The summed E-state index contributed by atoms with van der Waals surface area (Å²) in [7, 11) is 1.94. The Hall–Kier alpha value is -1.80. The molecule has 90 valence electrons. The van der Waals surface area contributed by atoms with Crippen molar-refractivity contribution in [2.45, 2.75) is 6.92 Å². The first kappa shape index (κ1) is 11.3. The van der Waals surface area contributed by atoms with Gasteiger partial charge in [0.2, 0.25) is 0 Å². The zero-order valence-electron chi connectivity index (χ0n) is 10.5. The monoisotopic (exact) mass is 253 g/mol. The minimum absolute atomic E-state index is 1.15. The van der Waals surface area contributed by atoms with E-state index in [-0.39, 0.29) is 0 Å². The summed E-state index contributed by atoms with van der Waals surface area (Å²) >= 11 is 1.86. The Morgan fingerprint density at radius 3 is 2.44 bits per heavy atom. The fourth-order valence-electron chi connectivity index (χ4n) is 2.08. The van der Waals surface area contributed by atoms with Crippen LogP contribution < -0.4 is 5.32 Å². The normalized spacial score (nSPS) is 10.8. The summed E-state index contributed by atoms with van der Waals surface area (Å²) in [5.74, 6) is 0. The molecular formula is C16H15NS. The fraction of sp³-hybridized carbons (Fsp3) is 0.125. The van der Waals surface area contributed by atoms with Gasteiger partial charge in [0, 0.05) is 22.3 Å². The highest BCUT2D eigenvalue weighted by Crippen LogP contribution is 2.34. The number of anilines is 1. The lowest BCUT2D eigenvalue weighted by atomic mass is 10.1. The highest BCUT2D eigenvalue weighted by molar-refractivity contribution is 7.22. The molecule has 1 nitrogen and oxygen atoms in total. The fourth-order valence-corrected chi connectivity index (χ4v) is 3.25. The Bertz CT molecular complexity index is 680. The van der Waals surface area contributed by atoms with Crippen molar-refractivity contribution in [3.05, 3.63) is 54.1 Å². The van der Waals surface area contributed by atoms with E-state index in [0.29, 0.717) is 0 Å². The summed E-state index contributed by atoms with van der Waals surface area (Å²) in [5, 5.41) is 4.47. The molecule has 3 rings (SSSR count). The number of fused-ring (bicyclic) bond motifs is 1. The predicted molar refractivity (Wildman–Crippen MR) is 81.5 cm³/mol. The zero-order chi connectivity index (χ0) is 12.5. The first-order chi connectivity index (χ1) is 8.76. The van der Waals surface area contributed by atoms with Crippen LogP contribution in [0.1, 0.15) is 5.56 Å². The summed E-state index contributed by atoms with van der Waals surface area (Å²) in [6, 6.07) is 17.5. The third-order valence-electron chi connectivity index (χ3n) is 3.13. The van der Waals surface area contributed by atoms with E-state index in [2.05, 4.69) is 60.8 Å². The predicted octanol–water partition coefficient (Wildman–Crippen LogP) is 4.92. The van der Waals surface area contributed by atoms with Crippen molar-refractivity contribution in [1.29, 1.82) is 0 Å². The molecule has 0 spiro atoms. The molecule has 0 aliphatic heterocycles. The lowest BCUT2D eigenvalue weighted by Gasteiger charge is -2.00. The second kappa shape index (κ2) is 4.46. The van der Waals surface area contributed by atoms with Crippen LogP contribution >= 0.6 is 11.3 Å². The van der Waals surface area contributed by atoms with Crippen LogP contribution in [-0.4, -0.2) is 7.05 Å². The quantitative estimate of drug-likeness (QED) is 0.683. The van der Waals surface area contributed by atoms with E-state index in [9.17, 15) is 0 Å². The second-order valence-corrected chi connectivity index (χ2v) is 5.56. The molecule has 1 N–H and O–H groups in total. The number of rotatable bonds is 2. The maximum Gasteiger partial charge on any atom is 0.0355 e. The van der Waals surface area contributed by atoms with Crippen molar-refractivity contribution < 1.29 is 0 Å². The summed E-state index contributed by atoms with van der Waals surface area (Å²) in [5.41, 5.74) is 3.75. The molecule has 0 atom stereocenters. The van der Waals surface area contributed by atoms with Crippen LogP contribution in [0.25, 0.3) is 20.5 Å². The second-order valence-electron chi connectivity index (χ2n) is 4.48. The SMILES string of the molecule is CNc1ccc(-c2cc3ccc(C)cc3s2)cc1. The highest BCUT2D eigenvalue weighted by atomic mass is 32.1. The molecule has 0 amide bonds. The van der Waals surface area contributed by atoms with Gasteiger partial charge in [0.05, 0.1) is 0 Å². The van der Waals surface area contributed by atoms with Crippen LogP contribution in [0.4, 0.5) is 5.69 Å². The number of hydrogen-bond donors (Lipinski definition) is 1. The van der Waals surface area contributed by atoms with E-state index in [1.807, 2.05) is 18.4 Å². The topological polar surface area (TPSA) is 12.0 Å². The number of benzene rings is 2. The molecule has 1 heterocycles. The van der Waals surface area contributed by atoms with Gasteiger partial charge in [-0.05, 0) is 47.7 Å². The molecule has 0 saturated heterocycles. The Balaban J connectivity index is 2.07. The van der Waals surface area contributed by atoms with Gasteiger partial charge in [-0.15, -0.1) is 11.3 Å². The van der Waals surface area contributed by atoms with E-state index in [1.165, 1.54) is 26.1 Å². The Morgan fingerprint density at radius 1 is 0.944 bits per heavy atom. The lowest BCUT2D eigenvalue weighted by molar-refractivity contribution is 1.51. The van der Waals surface area contributed by atoms with Crippen LogP contribution in [0.3, 0.4) is 0 Å². The van der Waals surface area contributed by atoms with E-state index in [0.717, 1.165) is 5.69 Å². The third kappa shape index (κ3) is 2.00. The van der Waals surface area contributed by atoms with Crippen molar-refractivity contribution in [2.24, 2.45) is 0 Å². The average molecular weight is 253 g/mol. The molecule has 18 heavy (non-hydrogen) atoms. The Morgan fingerprint density at radius 2 is 1.72 bits per heavy atom. The van der Waals surface area contributed by atoms with Gasteiger partial charge >= 0.3 is 0 Å². The first-order valence-electron chi connectivity index (χ1n) is 6.04. The largest absolute Gasteiger partial charge is 0.388 e. The van der Waals surface area contributed by atoms with Crippen molar-refractivity contribution >= 4 is 27.1 Å². The average Bonchev–Trinajstić information content (AvgIpc) is 2.81. The number of thiophene rings is 1. The summed E-state index contributed by atoms with van der Waals surface area (Å²) in [4.78, 5) is 1.33. The van der Waals surface area contributed by atoms with E-state index in [1.54, 1.807) is 0 Å². The van der Waals surface area contributed by atoms with Gasteiger partial charge in [-0.3, -0.25) is 0 Å². The molecule has 0 bridgehead atoms. The van der Waals surface area contributed by atoms with Gasteiger partial charge in [-0.2, -0.15) is 0 Å². The molecule has 0 radical (unpaired) electrons. The molecule has 0 aliphatic rings. The van der Waals surface area contributed by atoms with Crippen molar-refractivity contribution in [3.8, 4) is 10.4 Å². The van der Waals surface area contributed by atoms with Gasteiger partial charge in [0.15, 0.2) is 0 Å². The molecule has 3 aromatic rings. The highest BCUT2D eigenvalue weighted by Gasteiger charge is 2.04. The van der Waals surface area contributed by atoms with Gasteiger partial charge in [-0.1, -0.05) is 24.3 Å². The maximum atomic E-state index is 3.14. The minimum Gasteiger partial charge on any atom is -0.388 e. The van der Waals surface area contributed by atoms with E-state index in [4.69, 9.17) is 0 Å². The van der Waals surface area contributed by atoms with Gasteiger partial charge in [-0.25, -0.2) is 0 Å². The molecule has 0 aliphatic carbocycles. The smallest absolute Gasteiger partial charge is 0.0355 e. The molecule has 0 fully saturated rings. The summed E-state index contributed by atoms with van der Waals surface area (Å²) in [6.07, 6.45) is 0. The van der Waals surface area contributed by atoms with Gasteiger partial charge in [0.1, 0.15) is 0 Å². The van der Waals surface area contributed by atoms with Crippen LogP contribution in [0, 0.1) is 6.92 Å². The van der Waals surface area contributed by atoms with E-state index < -0.39 is 0 Å². The molecule has 0 unspecified atom stereocenters. The van der Waals surface area contributed by atoms with Crippen molar-refractivity contribution in [3.63, 3.8) is 0 Å². The first-order valence-corrected chi connectivity index (χ1v) is 6.86. The van der Waals surface area contributed by atoms with Crippen molar-refractivity contribution in [1.82, 2.24) is 0 Å². The number of aryl methyl sites for hydroxylation is 1. The maximum absolute atomic E-state index is 3.14. The molecule has 1 aromatic heterocycles. The minimum atomic E-state index is 1.15. The van der Waals surface area contributed by atoms with Crippen LogP contribution in [-0.2, 0) is 0 Å².